The van der Waals surface area contributed by atoms with E-state index >= 15 is 0 Å². The molecule has 1 aromatic carbocycles. The van der Waals surface area contributed by atoms with Gasteiger partial charge in [-0.25, -0.2) is 9.37 Å². The normalized spacial score (nSPS) is 11.1. The lowest BCUT2D eigenvalue weighted by molar-refractivity contribution is -0.116. The van der Waals surface area contributed by atoms with Gasteiger partial charge in [0.1, 0.15) is 24.5 Å². The van der Waals surface area contributed by atoms with Gasteiger partial charge in [-0.05, 0) is 33.6 Å². The molecule has 0 unspecified atom stereocenters. The van der Waals surface area contributed by atoms with Crippen LogP contribution in [0.4, 0.5) is 9.39 Å². The van der Waals surface area contributed by atoms with Crippen LogP contribution in [0.2, 0.25) is 0 Å². The minimum absolute atomic E-state index is 0.197. The van der Waals surface area contributed by atoms with E-state index in [1.807, 2.05) is 5.38 Å². The van der Waals surface area contributed by atoms with Crippen LogP contribution in [0, 0.1) is 0 Å². The summed E-state index contributed by atoms with van der Waals surface area (Å²) in [4.78, 5) is 29.1. The molecule has 0 bridgehead atoms. The van der Waals surface area contributed by atoms with Crippen molar-refractivity contribution >= 4 is 49.1 Å². The molecule has 0 radical (unpaired) electrons. The number of H-pyrrole nitrogens is 1. The molecule has 4 rings (SSSR count). The van der Waals surface area contributed by atoms with Crippen molar-refractivity contribution in [2.75, 3.05) is 5.32 Å². The lowest BCUT2D eigenvalue weighted by Crippen LogP contribution is -2.27. The van der Waals surface area contributed by atoms with Crippen LogP contribution in [0.25, 0.3) is 22.3 Å². The van der Waals surface area contributed by atoms with Gasteiger partial charge in [0.05, 0.1) is 11.1 Å². The third-order valence-electron chi connectivity index (χ3n) is 4.22. The van der Waals surface area contributed by atoms with E-state index in [0.29, 0.717) is 32.9 Å². The minimum atomic E-state index is -0.647. The Morgan fingerprint density at radius 1 is 1.32 bits per heavy atom. The molecular weight excluding hydrogens is 449 g/mol. The quantitative estimate of drug-likeness (QED) is 0.473. The Balaban J connectivity index is 1.66. The first-order valence-electron chi connectivity index (χ1n) is 8.18. The Morgan fingerprint density at radius 3 is 2.93 bits per heavy atom. The predicted octanol–water partition coefficient (Wildman–Crippen LogP) is 3.72. The summed E-state index contributed by atoms with van der Waals surface area (Å²) < 4.78 is 15.3. The SMILES string of the molecule is O=C(Cn1c(=O)ccc2c(CF)cccc21)Nc1scc(Br)c1-c1ncn[nH]1. The third kappa shape index (κ3) is 3.36. The number of benzene rings is 1. The van der Waals surface area contributed by atoms with Gasteiger partial charge in [-0.15, -0.1) is 11.3 Å². The van der Waals surface area contributed by atoms with Crippen LogP contribution in [0.1, 0.15) is 5.56 Å². The molecule has 0 aliphatic heterocycles. The fraction of sp³-hybridized carbons (Fsp3) is 0.111. The standard InChI is InChI=1S/C18H13BrFN5O2S/c19-12-8-28-18(16(12)17-21-9-22-24-17)23-14(26)7-25-13-3-1-2-10(6-20)11(13)4-5-15(25)27/h1-5,8-9H,6-7H2,(H,23,26)(H,21,22,24). The van der Waals surface area contributed by atoms with Crippen molar-refractivity contribution in [2.45, 2.75) is 13.2 Å². The molecule has 7 nitrogen and oxygen atoms in total. The van der Waals surface area contributed by atoms with Crippen molar-refractivity contribution in [3.63, 3.8) is 0 Å². The molecule has 10 heteroatoms. The molecule has 3 aromatic heterocycles. The van der Waals surface area contributed by atoms with Crippen LogP contribution in [-0.4, -0.2) is 25.7 Å². The summed E-state index contributed by atoms with van der Waals surface area (Å²) >= 11 is 4.76. The number of hydrogen-bond acceptors (Lipinski definition) is 5. The lowest BCUT2D eigenvalue weighted by atomic mass is 10.1. The highest BCUT2D eigenvalue weighted by Crippen LogP contribution is 2.38. The number of amides is 1. The van der Waals surface area contributed by atoms with Gasteiger partial charge < -0.3 is 5.32 Å². The smallest absolute Gasteiger partial charge is 0.251 e. The molecule has 0 aliphatic carbocycles. The maximum atomic E-state index is 13.2. The summed E-state index contributed by atoms with van der Waals surface area (Å²) in [5, 5.41) is 12.4. The molecular formula is C18H13BrFN5O2S. The highest BCUT2D eigenvalue weighted by atomic mass is 79.9. The van der Waals surface area contributed by atoms with Crippen molar-refractivity contribution in [2.24, 2.45) is 0 Å². The van der Waals surface area contributed by atoms with E-state index in [1.54, 1.807) is 24.3 Å². The number of hydrogen-bond donors (Lipinski definition) is 2. The fourth-order valence-electron chi connectivity index (χ4n) is 2.96. The topological polar surface area (TPSA) is 92.7 Å². The molecule has 0 fully saturated rings. The van der Waals surface area contributed by atoms with Crippen molar-refractivity contribution < 1.29 is 9.18 Å². The van der Waals surface area contributed by atoms with Crippen LogP contribution >= 0.6 is 27.3 Å². The number of alkyl halides is 1. The molecule has 2 N–H and O–H groups in total. The van der Waals surface area contributed by atoms with Crippen LogP contribution in [0.15, 0.2) is 51.3 Å². The largest absolute Gasteiger partial charge is 0.315 e. The average molecular weight is 462 g/mol. The first-order valence-corrected chi connectivity index (χ1v) is 9.85. The highest BCUT2D eigenvalue weighted by Gasteiger charge is 2.18. The Labute approximate surface area is 170 Å². The molecule has 142 valence electrons. The summed E-state index contributed by atoms with van der Waals surface area (Å²) in [5.74, 6) is 0.133. The van der Waals surface area contributed by atoms with Crippen LogP contribution in [0.3, 0.4) is 0 Å². The zero-order valence-corrected chi connectivity index (χ0v) is 16.7. The number of thiophene rings is 1. The maximum absolute atomic E-state index is 13.2. The van der Waals surface area contributed by atoms with Crippen LogP contribution in [-0.2, 0) is 18.0 Å². The molecule has 3 heterocycles. The van der Waals surface area contributed by atoms with Gasteiger partial charge >= 0.3 is 0 Å². The number of carbonyl (C=O) groups excluding carboxylic acids is 1. The number of nitrogens with zero attached hydrogens (tertiary/aromatic N) is 3. The maximum Gasteiger partial charge on any atom is 0.251 e. The van der Waals surface area contributed by atoms with E-state index in [0.717, 1.165) is 4.47 Å². The second-order valence-corrected chi connectivity index (χ2v) is 7.65. The van der Waals surface area contributed by atoms with Crippen LogP contribution < -0.4 is 10.9 Å². The Kier molecular flexibility index (Phi) is 5.05. The summed E-state index contributed by atoms with van der Waals surface area (Å²) in [7, 11) is 0. The number of aromatic amines is 1. The van der Waals surface area contributed by atoms with E-state index in [4.69, 9.17) is 0 Å². The van der Waals surface area contributed by atoms with Crippen molar-refractivity contribution in [3.05, 3.63) is 62.4 Å². The summed E-state index contributed by atoms with van der Waals surface area (Å²) in [6.07, 6.45) is 1.38. The zero-order valence-electron chi connectivity index (χ0n) is 14.3. The number of rotatable bonds is 5. The van der Waals surface area contributed by atoms with Gasteiger partial charge in [-0.2, -0.15) is 5.10 Å². The summed E-state index contributed by atoms with van der Waals surface area (Å²) in [5.41, 5.74) is 1.34. The molecule has 0 spiro atoms. The van der Waals surface area contributed by atoms with Gasteiger partial charge in [0.25, 0.3) is 5.56 Å². The molecule has 0 aliphatic rings. The van der Waals surface area contributed by atoms with Gasteiger partial charge in [0.15, 0.2) is 5.82 Å². The minimum Gasteiger partial charge on any atom is -0.315 e. The first kappa shape index (κ1) is 18.5. The monoisotopic (exact) mass is 461 g/mol. The van der Waals surface area contributed by atoms with E-state index in [-0.39, 0.29) is 18.0 Å². The highest BCUT2D eigenvalue weighted by molar-refractivity contribution is 9.10. The number of halogens is 2. The van der Waals surface area contributed by atoms with Crippen molar-refractivity contribution in [1.29, 1.82) is 0 Å². The van der Waals surface area contributed by atoms with E-state index in [1.165, 1.54) is 28.3 Å². The second-order valence-electron chi connectivity index (χ2n) is 5.91. The number of carbonyl (C=O) groups is 1. The molecule has 0 atom stereocenters. The molecule has 0 saturated heterocycles. The Morgan fingerprint density at radius 2 is 2.18 bits per heavy atom. The van der Waals surface area contributed by atoms with Crippen molar-refractivity contribution in [1.82, 2.24) is 19.7 Å². The summed E-state index contributed by atoms with van der Waals surface area (Å²) in [6.45, 7) is -0.844. The van der Waals surface area contributed by atoms with Gasteiger partial charge in [-0.1, -0.05) is 12.1 Å². The van der Waals surface area contributed by atoms with Gasteiger partial charge in [0.2, 0.25) is 5.91 Å². The first-order chi connectivity index (χ1) is 13.6. The summed E-state index contributed by atoms with van der Waals surface area (Å²) in [6, 6.07) is 7.95. The van der Waals surface area contributed by atoms with E-state index in [9.17, 15) is 14.0 Å². The zero-order chi connectivity index (χ0) is 19.7. The van der Waals surface area contributed by atoms with E-state index in [2.05, 4.69) is 36.4 Å². The fourth-order valence-corrected chi connectivity index (χ4v) is 4.59. The Bertz CT molecular complexity index is 1220. The number of pyridine rings is 1. The third-order valence-corrected chi connectivity index (χ3v) is 6.04. The number of anilines is 1. The lowest BCUT2D eigenvalue weighted by Gasteiger charge is -2.12. The Hall–Kier alpha value is -2.85. The number of nitrogens with one attached hydrogen (secondary N) is 2. The molecule has 4 aromatic rings. The van der Waals surface area contributed by atoms with Gasteiger partial charge in [-0.3, -0.25) is 19.3 Å². The average Bonchev–Trinajstić information content (AvgIpc) is 3.33. The number of fused-ring (bicyclic) bond motifs is 1. The van der Waals surface area contributed by atoms with Crippen molar-refractivity contribution in [3.8, 4) is 11.4 Å². The molecule has 1 amide bonds. The van der Waals surface area contributed by atoms with Gasteiger partial charge in [0, 0.05) is 21.3 Å². The second kappa shape index (κ2) is 7.64. The van der Waals surface area contributed by atoms with Crippen LogP contribution in [0.5, 0.6) is 0 Å². The molecule has 0 saturated carbocycles. The van der Waals surface area contributed by atoms with E-state index < -0.39 is 6.67 Å². The number of aromatic nitrogens is 4. The molecule has 28 heavy (non-hydrogen) atoms. The predicted molar refractivity (Wildman–Crippen MR) is 109 cm³/mol.